The predicted octanol–water partition coefficient (Wildman–Crippen LogP) is 2.75. The summed E-state index contributed by atoms with van der Waals surface area (Å²) in [5.41, 5.74) is 0.873. The Bertz CT molecular complexity index is 501. The van der Waals surface area contributed by atoms with E-state index in [1.165, 1.54) is 0 Å². The number of hydrogen-bond acceptors (Lipinski definition) is 4. The Morgan fingerprint density at radius 1 is 1.38 bits per heavy atom. The van der Waals surface area contributed by atoms with Crippen LogP contribution >= 0.6 is 0 Å². The van der Waals surface area contributed by atoms with Crippen molar-refractivity contribution in [2.24, 2.45) is 16.3 Å². The number of hydrogen-bond donors (Lipinski definition) is 1. The number of ether oxygens (including phenoxy) is 1. The first-order valence-corrected chi connectivity index (χ1v) is 7.36. The van der Waals surface area contributed by atoms with Gasteiger partial charge in [-0.3, -0.25) is 4.99 Å². The van der Waals surface area contributed by atoms with Gasteiger partial charge in [-0.05, 0) is 23.8 Å². The molecule has 2 atom stereocenters. The van der Waals surface area contributed by atoms with E-state index >= 15 is 0 Å². The Kier molecular flexibility index (Phi) is 5.49. The summed E-state index contributed by atoms with van der Waals surface area (Å²) in [5, 5.41) is 19.0. The number of rotatable bonds is 5. The molecule has 1 aliphatic heterocycles. The minimum absolute atomic E-state index is 0.0571. The molecule has 1 saturated heterocycles. The molecule has 1 aliphatic rings. The lowest BCUT2D eigenvalue weighted by molar-refractivity contribution is 0.0166. The molecule has 2 unspecified atom stereocenters. The predicted molar refractivity (Wildman–Crippen MR) is 82.0 cm³/mol. The molecule has 0 spiro atoms. The van der Waals surface area contributed by atoms with Crippen molar-refractivity contribution < 1.29 is 9.84 Å². The van der Waals surface area contributed by atoms with Gasteiger partial charge >= 0.3 is 0 Å². The third-order valence-corrected chi connectivity index (χ3v) is 4.30. The van der Waals surface area contributed by atoms with Crippen LogP contribution in [0.1, 0.15) is 31.4 Å². The number of nitriles is 1. The summed E-state index contributed by atoms with van der Waals surface area (Å²) < 4.78 is 5.38. The molecule has 2 rings (SSSR count). The van der Waals surface area contributed by atoms with E-state index in [2.05, 4.69) is 18.0 Å². The van der Waals surface area contributed by atoms with Crippen molar-refractivity contribution in [3.05, 3.63) is 35.9 Å². The molecule has 0 bridgehead atoms. The van der Waals surface area contributed by atoms with E-state index in [-0.39, 0.29) is 24.0 Å². The van der Waals surface area contributed by atoms with Crippen LogP contribution in [0.15, 0.2) is 35.3 Å². The highest BCUT2D eigenvalue weighted by molar-refractivity contribution is 5.66. The van der Waals surface area contributed by atoms with Crippen LogP contribution in [0.5, 0.6) is 0 Å². The fraction of sp³-hybridized carbons (Fsp3) is 0.529. The minimum atomic E-state index is -0.300. The van der Waals surface area contributed by atoms with Crippen molar-refractivity contribution in [3.63, 3.8) is 0 Å². The normalized spacial score (nSPS) is 20.8. The SMILES string of the molecule is CC1(C(C#N)C=NC(CO)c2ccccc2)CCOCC1. The Morgan fingerprint density at radius 3 is 2.62 bits per heavy atom. The van der Waals surface area contributed by atoms with Gasteiger partial charge in [-0.25, -0.2) is 0 Å². The second kappa shape index (κ2) is 7.35. The third kappa shape index (κ3) is 3.90. The molecule has 1 heterocycles. The van der Waals surface area contributed by atoms with Crippen molar-refractivity contribution in [1.29, 1.82) is 5.26 Å². The molecule has 4 nitrogen and oxygen atoms in total. The van der Waals surface area contributed by atoms with Gasteiger partial charge in [-0.2, -0.15) is 5.26 Å². The fourth-order valence-electron chi connectivity index (χ4n) is 2.62. The van der Waals surface area contributed by atoms with E-state index < -0.39 is 0 Å². The first-order valence-electron chi connectivity index (χ1n) is 7.36. The second-order valence-electron chi connectivity index (χ2n) is 5.78. The van der Waals surface area contributed by atoms with E-state index in [1.807, 2.05) is 30.3 Å². The van der Waals surface area contributed by atoms with E-state index in [0.29, 0.717) is 13.2 Å². The minimum Gasteiger partial charge on any atom is -0.394 e. The Hall–Kier alpha value is -1.70. The molecule has 0 amide bonds. The second-order valence-corrected chi connectivity index (χ2v) is 5.78. The fourth-order valence-corrected chi connectivity index (χ4v) is 2.62. The molecule has 21 heavy (non-hydrogen) atoms. The lowest BCUT2D eigenvalue weighted by atomic mass is 9.72. The van der Waals surface area contributed by atoms with E-state index in [0.717, 1.165) is 18.4 Å². The first kappa shape index (κ1) is 15.7. The van der Waals surface area contributed by atoms with Gasteiger partial charge in [-0.1, -0.05) is 37.3 Å². The van der Waals surface area contributed by atoms with E-state index in [9.17, 15) is 10.4 Å². The zero-order valence-electron chi connectivity index (χ0n) is 12.4. The average Bonchev–Trinajstić information content (AvgIpc) is 2.53. The quantitative estimate of drug-likeness (QED) is 0.846. The highest BCUT2D eigenvalue weighted by atomic mass is 16.5. The summed E-state index contributed by atoms with van der Waals surface area (Å²) in [7, 11) is 0. The molecular formula is C17H22N2O2. The van der Waals surface area contributed by atoms with Crippen molar-refractivity contribution >= 4 is 6.21 Å². The summed E-state index contributed by atoms with van der Waals surface area (Å²) in [6.07, 6.45) is 3.46. The number of benzene rings is 1. The largest absolute Gasteiger partial charge is 0.394 e. The van der Waals surface area contributed by atoms with Gasteiger partial charge in [0.1, 0.15) is 0 Å². The standard InChI is InChI=1S/C17H22N2O2/c1-17(7-9-21-10-8-17)15(11-18)12-19-16(13-20)14-5-3-2-4-6-14/h2-6,12,15-16,20H,7-10,13H2,1H3. The van der Waals surface area contributed by atoms with Crippen LogP contribution in [0, 0.1) is 22.7 Å². The van der Waals surface area contributed by atoms with Crippen LogP contribution in [-0.4, -0.2) is 31.1 Å². The van der Waals surface area contributed by atoms with Crippen LogP contribution < -0.4 is 0 Å². The van der Waals surface area contributed by atoms with Crippen LogP contribution in [0.25, 0.3) is 0 Å². The molecule has 4 heteroatoms. The maximum absolute atomic E-state index is 9.52. The van der Waals surface area contributed by atoms with Crippen LogP contribution in [0.3, 0.4) is 0 Å². The molecular weight excluding hydrogens is 264 g/mol. The van der Waals surface area contributed by atoms with Gasteiger partial charge in [0.15, 0.2) is 0 Å². The van der Waals surface area contributed by atoms with Crippen LogP contribution in [0.4, 0.5) is 0 Å². The monoisotopic (exact) mass is 286 g/mol. The van der Waals surface area contributed by atoms with Gasteiger partial charge in [0.25, 0.3) is 0 Å². The maximum atomic E-state index is 9.52. The Labute approximate surface area is 126 Å². The molecule has 0 radical (unpaired) electrons. The van der Waals surface area contributed by atoms with Gasteiger partial charge in [0.05, 0.1) is 24.6 Å². The van der Waals surface area contributed by atoms with Crippen molar-refractivity contribution in [2.45, 2.75) is 25.8 Å². The molecule has 1 N–H and O–H groups in total. The summed E-state index contributed by atoms with van der Waals surface area (Å²) in [5.74, 6) is -0.251. The number of aliphatic hydroxyl groups excluding tert-OH is 1. The highest BCUT2D eigenvalue weighted by Crippen LogP contribution is 2.37. The molecule has 112 valence electrons. The molecule has 0 aromatic heterocycles. The van der Waals surface area contributed by atoms with E-state index in [1.54, 1.807) is 6.21 Å². The lowest BCUT2D eigenvalue weighted by Gasteiger charge is -2.35. The van der Waals surface area contributed by atoms with Crippen molar-refractivity contribution in [2.75, 3.05) is 19.8 Å². The van der Waals surface area contributed by atoms with Crippen molar-refractivity contribution in [1.82, 2.24) is 0 Å². The number of nitrogens with zero attached hydrogens (tertiary/aromatic N) is 2. The number of aliphatic hydroxyl groups is 1. The summed E-state index contributed by atoms with van der Waals surface area (Å²) in [6.45, 7) is 3.46. The summed E-state index contributed by atoms with van der Waals surface area (Å²) in [4.78, 5) is 4.47. The highest BCUT2D eigenvalue weighted by Gasteiger charge is 2.35. The number of aliphatic imine (C=N–C) groups is 1. The molecule has 1 fully saturated rings. The zero-order chi connectivity index (χ0) is 15.1. The molecule has 0 aliphatic carbocycles. The van der Waals surface area contributed by atoms with E-state index in [4.69, 9.17) is 4.74 Å². The summed E-state index contributed by atoms with van der Waals surface area (Å²) >= 11 is 0. The summed E-state index contributed by atoms with van der Waals surface area (Å²) in [6, 6.07) is 11.7. The van der Waals surface area contributed by atoms with Gasteiger partial charge in [0.2, 0.25) is 0 Å². The maximum Gasteiger partial charge on any atom is 0.0976 e. The third-order valence-electron chi connectivity index (χ3n) is 4.30. The lowest BCUT2D eigenvalue weighted by Crippen LogP contribution is -2.34. The molecule has 0 saturated carbocycles. The van der Waals surface area contributed by atoms with Crippen LogP contribution in [0.2, 0.25) is 0 Å². The first-order chi connectivity index (χ1) is 10.2. The van der Waals surface area contributed by atoms with Gasteiger partial charge in [-0.15, -0.1) is 0 Å². The Balaban J connectivity index is 2.11. The van der Waals surface area contributed by atoms with Gasteiger partial charge in [0, 0.05) is 19.4 Å². The smallest absolute Gasteiger partial charge is 0.0976 e. The van der Waals surface area contributed by atoms with Crippen molar-refractivity contribution in [3.8, 4) is 6.07 Å². The van der Waals surface area contributed by atoms with Gasteiger partial charge < -0.3 is 9.84 Å². The molecule has 1 aromatic carbocycles. The van der Waals surface area contributed by atoms with Crippen LogP contribution in [-0.2, 0) is 4.74 Å². The topological polar surface area (TPSA) is 65.6 Å². The Morgan fingerprint density at radius 2 is 2.05 bits per heavy atom. The molecule has 1 aromatic rings. The zero-order valence-corrected chi connectivity index (χ0v) is 12.4. The average molecular weight is 286 g/mol.